The van der Waals surface area contributed by atoms with E-state index in [2.05, 4.69) is 15.5 Å². The number of primary sulfonamides is 1. The fourth-order valence-electron chi connectivity index (χ4n) is 2.48. The molecule has 0 bridgehead atoms. The Hall–Kier alpha value is -3.15. The molecule has 1 heterocycles. The maximum atomic E-state index is 11.3. The SMILES string of the molecule is C[C@@H](NCc1nc(-c2ccc([N+](=O)[O-])cc2)no1)c1ccc(S(N)(=O)=O)cc1. The first-order valence-electron chi connectivity index (χ1n) is 8.17. The monoisotopic (exact) mass is 403 g/mol. The van der Waals surface area contributed by atoms with Crippen LogP contribution in [0.3, 0.4) is 0 Å². The predicted molar refractivity (Wildman–Crippen MR) is 99.5 cm³/mol. The predicted octanol–water partition coefficient (Wildman–Crippen LogP) is 2.14. The molecule has 0 aliphatic heterocycles. The molecule has 3 rings (SSSR count). The average Bonchev–Trinajstić information content (AvgIpc) is 3.14. The van der Waals surface area contributed by atoms with Crippen molar-refractivity contribution in [1.29, 1.82) is 0 Å². The van der Waals surface area contributed by atoms with Crippen LogP contribution in [0, 0.1) is 10.1 Å². The lowest BCUT2D eigenvalue weighted by atomic mass is 10.1. The third-order valence-corrected chi connectivity index (χ3v) is 5.00. The van der Waals surface area contributed by atoms with E-state index >= 15 is 0 Å². The Morgan fingerprint density at radius 1 is 1.18 bits per heavy atom. The van der Waals surface area contributed by atoms with E-state index in [1.54, 1.807) is 24.3 Å². The topological polar surface area (TPSA) is 154 Å². The van der Waals surface area contributed by atoms with E-state index in [1.165, 1.54) is 24.3 Å². The van der Waals surface area contributed by atoms with Crippen molar-refractivity contribution in [3.05, 3.63) is 70.1 Å². The zero-order valence-electron chi connectivity index (χ0n) is 14.8. The number of aromatic nitrogens is 2. The van der Waals surface area contributed by atoms with E-state index in [0.29, 0.717) is 17.3 Å². The summed E-state index contributed by atoms with van der Waals surface area (Å²) in [7, 11) is -3.72. The lowest BCUT2D eigenvalue weighted by Crippen LogP contribution is -2.18. The summed E-state index contributed by atoms with van der Waals surface area (Å²) in [5.41, 5.74) is 1.45. The number of hydrogen-bond acceptors (Lipinski definition) is 8. The highest BCUT2D eigenvalue weighted by Crippen LogP contribution is 2.20. The third kappa shape index (κ3) is 4.57. The highest BCUT2D eigenvalue weighted by molar-refractivity contribution is 7.89. The second-order valence-corrected chi connectivity index (χ2v) is 7.59. The number of nitro groups is 1. The molecule has 10 nitrogen and oxygen atoms in total. The fraction of sp³-hybridized carbons (Fsp3) is 0.176. The van der Waals surface area contributed by atoms with Gasteiger partial charge in [-0.2, -0.15) is 4.98 Å². The van der Waals surface area contributed by atoms with Crippen molar-refractivity contribution in [2.45, 2.75) is 24.4 Å². The second kappa shape index (κ2) is 7.84. The zero-order chi connectivity index (χ0) is 20.3. The van der Waals surface area contributed by atoms with Gasteiger partial charge in [-0.3, -0.25) is 10.1 Å². The number of rotatable bonds is 7. The van der Waals surface area contributed by atoms with Crippen LogP contribution in [-0.4, -0.2) is 23.5 Å². The number of hydrogen-bond donors (Lipinski definition) is 2. The van der Waals surface area contributed by atoms with Gasteiger partial charge in [0, 0.05) is 23.7 Å². The van der Waals surface area contributed by atoms with Crippen LogP contribution >= 0.6 is 0 Å². The molecule has 11 heteroatoms. The van der Waals surface area contributed by atoms with Crippen LogP contribution in [0.4, 0.5) is 5.69 Å². The molecule has 0 spiro atoms. The van der Waals surface area contributed by atoms with E-state index in [9.17, 15) is 18.5 Å². The standard InChI is InChI=1S/C17H17N5O5S/c1-11(12-4-8-15(9-5-12)28(18,25)26)19-10-16-20-17(21-27-16)13-2-6-14(7-3-13)22(23)24/h2-9,11,19H,10H2,1H3,(H2,18,25,26)/t11-/m1/s1. The molecule has 0 aliphatic carbocycles. The van der Waals surface area contributed by atoms with Crippen LogP contribution in [0.5, 0.6) is 0 Å². The maximum Gasteiger partial charge on any atom is 0.269 e. The summed E-state index contributed by atoms with van der Waals surface area (Å²) in [6.45, 7) is 2.19. The summed E-state index contributed by atoms with van der Waals surface area (Å²) in [6.07, 6.45) is 0. The summed E-state index contributed by atoms with van der Waals surface area (Å²) in [6, 6.07) is 12.0. The zero-order valence-corrected chi connectivity index (χ0v) is 15.6. The van der Waals surface area contributed by atoms with Gasteiger partial charge in [-0.1, -0.05) is 17.3 Å². The molecule has 3 aromatic rings. The number of nitrogens with one attached hydrogen (secondary N) is 1. The highest BCUT2D eigenvalue weighted by atomic mass is 32.2. The molecule has 146 valence electrons. The molecule has 0 saturated carbocycles. The van der Waals surface area contributed by atoms with Gasteiger partial charge in [0.2, 0.25) is 21.7 Å². The van der Waals surface area contributed by atoms with Crippen molar-refractivity contribution >= 4 is 15.7 Å². The Morgan fingerprint density at radius 3 is 2.39 bits per heavy atom. The van der Waals surface area contributed by atoms with Crippen molar-refractivity contribution in [1.82, 2.24) is 15.5 Å². The van der Waals surface area contributed by atoms with Crippen LogP contribution in [-0.2, 0) is 16.6 Å². The van der Waals surface area contributed by atoms with Gasteiger partial charge in [-0.25, -0.2) is 13.6 Å². The molecule has 0 aliphatic rings. The summed E-state index contributed by atoms with van der Waals surface area (Å²) < 4.78 is 27.8. The summed E-state index contributed by atoms with van der Waals surface area (Å²) in [5.74, 6) is 0.679. The molecule has 3 N–H and O–H groups in total. The van der Waals surface area contributed by atoms with Gasteiger partial charge in [-0.15, -0.1) is 0 Å². The summed E-state index contributed by atoms with van der Waals surface area (Å²) in [5, 5.41) is 22.9. The lowest BCUT2D eigenvalue weighted by molar-refractivity contribution is -0.384. The molecule has 1 atom stereocenters. The fourth-order valence-corrected chi connectivity index (χ4v) is 3.00. The van der Waals surface area contributed by atoms with E-state index in [4.69, 9.17) is 9.66 Å². The van der Waals surface area contributed by atoms with Crippen molar-refractivity contribution in [2.24, 2.45) is 5.14 Å². The number of non-ortho nitro benzene ring substituents is 1. The molecule has 1 aromatic heterocycles. The van der Waals surface area contributed by atoms with Crippen LogP contribution < -0.4 is 10.5 Å². The first-order valence-corrected chi connectivity index (χ1v) is 9.72. The van der Waals surface area contributed by atoms with Crippen molar-refractivity contribution in [2.75, 3.05) is 0 Å². The Morgan fingerprint density at radius 2 is 1.82 bits per heavy atom. The molecule has 0 radical (unpaired) electrons. The van der Waals surface area contributed by atoms with Crippen LogP contribution in [0.1, 0.15) is 24.4 Å². The summed E-state index contributed by atoms with van der Waals surface area (Å²) >= 11 is 0. The number of nitro benzene ring substituents is 1. The molecule has 28 heavy (non-hydrogen) atoms. The molecule has 2 aromatic carbocycles. The van der Waals surface area contributed by atoms with Crippen LogP contribution in [0.2, 0.25) is 0 Å². The minimum atomic E-state index is -3.72. The lowest BCUT2D eigenvalue weighted by Gasteiger charge is -2.13. The average molecular weight is 403 g/mol. The molecule has 0 saturated heterocycles. The van der Waals surface area contributed by atoms with Crippen LogP contribution in [0.25, 0.3) is 11.4 Å². The van der Waals surface area contributed by atoms with E-state index in [0.717, 1.165) is 5.56 Å². The van der Waals surface area contributed by atoms with Gasteiger partial charge < -0.3 is 9.84 Å². The molecule has 0 fully saturated rings. The van der Waals surface area contributed by atoms with Gasteiger partial charge in [0.25, 0.3) is 5.69 Å². The Labute approximate surface area is 160 Å². The second-order valence-electron chi connectivity index (χ2n) is 6.03. The van der Waals surface area contributed by atoms with Crippen molar-refractivity contribution < 1.29 is 17.9 Å². The van der Waals surface area contributed by atoms with Crippen molar-refractivity contribution in [3.63, 3.8) is 0 Å². The molecule has 0 unspecified atom stereocenters. The van der Waals surface area contributed by atoms with Gasteiger partial charge in [0.1, 0.15) is 0 Å². The Balaban J connectivity index is 1.63. The van der Waals surface area contributed by atoms with E-state index < -0.39 is 14.9 Å². The van der Waals surface area contributed by atoms with E-state index in [-0.39, 0.29) is 23.2 Å². The first kappa shape index (κ1) is 19.6. The maximum absolute atomic E-state index is 11.3. The Kier molecular flexibility index (Phi) is 5.49. The van der Waals surface area contributed by atoms with Gasteiger partial charge in [0.15, 0.2) is 0 Å². The van der Waals surface area contributed by atoms with Gasteiger partial charge in [-0.05, 0) is 36.8 Å². The number of sulfonamides is 1. The minimum absolute atomic E-state index is 0.0172. The highest BCUT2D eigenvalue weighted by Gasteiger charge is 2.13. The number of benzene rings is 2. The third-order valence-electron chi connectivity index (χ3n) is 4.07. The normalized spacial score (nSPS) is 12.6. The molecule has 0 amide bonds. The first-order chi connectivity index (χ1) is 13.2. The summed E-state index contributed by atoms with van der Waals surface area (Å²) in [4.78, 5) is 14.5. The number of nitrogens with two attached hydrogens (primary N) is 1. The quantitative estimate of drug-likeness (QED) is 0.449. The largest absolute Gasteiger partial charge is 0.338 e. The molecular formula is C17H17N5O5S. The van der Waals surface area contributed by atoms with Crippen molar-refractivity contribution in [3.8, 4) is 11.4 Å². The van der Waals surface area contributed by atoms with E-state index in [1.807, 2.05) is 6.92 Å². The smallest absolute Gasteiger partial charge is 0.269 e. The van der Waals surface area contributed by atoms with Gasteiger partial charge in [0.05, 0.1) is 16.4 Å². The van der Waals surface area contributed by atoms with Gasteiger partial charge >= 0.3 is 0 Å². The number of nitrogens with zero attached hydrogens (tertiary/aromatic N) is 3. The minimum Gasteiger partial charge on any atom is -0.338 e. The van der Waals surface area contributed by atoms with Crippen LogP contribution in [0.15, 0.2) is 57.9 Å². The molecular weight excluding hydrogens is 386 g/mol. The Bertz CT molecular complexity index is 1080.